The van der Waals surface area contributed by atoms with Crippen molar-refractivity contribution in [2.75, 3.05) is 39.1 Å². The van der Waals surface area contributed by atoms with Gasteiger partial charge in [-0.1, -0.05) is 30.3 Å². The Labute approximate surface area is 144 Å². The number of nitrogens with one attached hydrogen (secondary N) is 1. The van der Waals surface area contributed by atoms with Crippen molar-refractivity contribution in [2.24, 2.45) is 0 Å². The Morgan fingerprint density at radius 2 is 1.88 bits per heavy atom. The zero-order valence-electron chi connectivity index (χ0n) is 14.7. The fourth-order valence-electron chi connectivity index (χ4n) is 2.42. The number of nitrogens with zero attached hydrogens (tertiary/aromatic N) is 3. The molecule has 1 amide bonds. The van der Waals surface area contributed by atoms with Crippen LogP contribution >= 0.6 is 0 Å². The van der Waals surface area contributed by atoms with Crippen LogP contribution in [-0.4, -0.2) is 50.0 Å². The summed E-state index contributed by atoms with van der Waals surface area (Å²) >= 11 is 0. The Hall–Kier alpha value is -2.40. The third-order valence-corrected chi connectivity index (χ3v) is 3.75. The minimum Gasteiger partial charge on any atom is -0.370 e. The molecule has 128 valence electrons. The van der Waals surface area contributed by atoms with Gasteiger partial charge in [-0.3, -0.25) is 9.78 Å². The first-order chi connectivity index (χ1) is 11.6. The Bertz CT molecular complexity index is 643. The lowest BCUT2D eigenvalue weighted by Crippen LogP contribution is -2.28. The van der Waals surface area contributed by atoms with Gasteiger partial charge in [0.15, 0.2) is 0 Å². The van der Waals surface area contributed by atoms with Crippen LogP contribution < -0.4 is 10.2 Å². The number of anilines is 1. The number of hydrogen-bond acceptors (Lipinski definition) is 4. The predicted molar refractivity (Wildman–Crippen MR) is 98.3 cm³/mol. The molecular weight excluding hydrogens is 300 g/mol. The molecule has 0 aliphatic carbocycles. The summed E-state index contributed by atoms with van der Waals surface area (Å²) < 4.78 is 0. The van der Waals surface area contributed by atoms with Gasteiger partial charge in [0.2, 0.25) is 0 Å². The molecule has 0 spiro atoms. The van der Waals surface area contributed by atoms with E-state index in [0.717, 1.165) is 25.2 Å². The van der Waals surface area contributed by atoms with Gasteiger partial charge in [-0.2, -0.15) is 0 Å². The third-order valence-electron chi connectivity index (χ3n) is 3.75. The molecule has 2 aromatic rings. The van der Waals surface area contributed by atoms with Gasteiger partial charge in [0.25, 0.3) is 5.91 Å². The monoisotopic (exact) mass is 326 g/mol. The molecule has 1 aromatic heterocycles. The highest BCUT2D eigenvalue weighted by molar-refractivity contribution is 5.93. The fraction of sp³-hybridized carbons (Fsp3) is 0.368. The highest BCUT2D eigenvalue weighted by Crippen LogP contribution is 2.15. The molecule has 1 N–H and O–H groups in total. The van der Waals surface area contributed by atoms with Crippen LogP contribution in [0.1, 0.15) is 22.5 Å². The number of rotatable bonds is 8. The number of pyridine rings is 1. The molecule has 0 saturated heterocycles. The van der Waals surface area contributed by atoms with Crippen LogP contribution in [0.25, 0.3) is 0 Å². The second-order valence-corrected chi connectivity index (χ2v) is 6.15. The van der Waals surface area contributed by atoms with Gasteiger partial charge in [0, 0.05) is 32.0 Å². The van der Waals surface area contributed by atoms with Crippen molar-refractivity contribution in [3.63, 3.8) is 0 Å². The van der Waals surface area contributed by atoms with E-state index >= 15 is 0 Å². The van der Waals surface area contributed by atoms with Crippen molar-refractivity contribution in [1.82, 2.24) is 15.2 Å². The second-order valence-electron chi connectivity index (χ2n) is 6.15. The quantitative estimate of drug-likeness (QED) is 0.757. The van der Waals surface area contributed by atoms with Crippen molar-refractivity contribution in [3.8, 4) is 0 Å². The SMILES string of the molecule is CN(C)CCCNC(=O)c1cc(N(C)Cc2ccccc2)ccn1. The lowest BCUT2D eigenvalue weighted by Gasteiger charge is -2.19. The summed E-state index contributed by atoms with van der Waals surface area (Å²) in [4.78, 5) is 20.6. The summed E-state index contributed by atoms with van der Waals surface area (Å²) in [6.45, 7) is 2.39. The van der Waals surface area contributed by atoms with Crippen LogP contribution in [0.2, 0.25) is 0 Å². The molecule has 5 heteroatoms. The topological polar surface area (TPSA) is 48.5 Å². The van der Waals surface area contributed by atoms with E-state index in [1.54, 1.807) is 6.20 Å². The minimum atomic E-state index is -0.122. The molecule has 1 heterocycles. The molecule has 1 aromatic carbocycles. The number of carbonyl (C=O) groups is 1. The molecule has 0 atom stereocenters. The molecule has 24 heavy (non-hydrogen) atoms. The van der Waals surface area contributed by atoms with Crippen molar-refractivity contribution in [3.05, 3.63) is 59.9 Å². The van der Waals surface area contributed by atoms with Gasteiger partial charge in [-0.25, -0.2) is 0 Å². The maximum Gasteiger partial charge on any atom is 0.269 e. The molecule has 0 aliphatic rings. The number of aromatic nitrogens is 1. The standard InChI is InChI=1S/C19H26N4O/c1-22(2)13-7-11-21-19(24)18-14-17(10-12-20-18)23(3)15-16-8-5-4-6-9-16/h4-6,8-10,12,14H,7,11,13,15H2,1-3H3,(H,21,24). The van der Waals surface area contributed by atoms with Crippen LogP contribution in [-0.2, 0) is 6.54 Å². The van der Waals surface area contributed by atoms with Crippen LogP contribution in [0.15, 0.2) is 48.7 Å². The summed E-state index contributed by atoms with van der Waals surface area (Å²) in [5.74, 6) is -0.122. The van der Waals surface area contributed by atoms with Gasteiger partial charge in [-0.05, 0) is 44.8 Å². The van der Waals surface area contributed by atoms with E-state index in [4.69, 9.17) is 0 Å². The zero-order valence-corrected chi connectivity index (χ0v) is 14.7. The van der Waals surface area contributed by atoms with E-state index < -0.39 is 0 Å². The number of hydrogen-bond donors (Lipinski definition) is 1. The van der Waals surface area contributed by atoms with E-state index in [1.165, 1.54) is 5.56 Å². The number of benzene rings is 1. The van der Waals surface area contributed by atoms with Crippen molar-refractivity contribution in [1.29, 1.82) is 0 Å². The average Bonchev–Trinajstić information content (AvgIpc) is 2.59. The molecule has 5 nitrogen and oxygen atoms in total. The van der Waals surface area contributed by atoms with Crippen LogP contribution in [0.5, 0.6) is 0 Å². The Morgan fingerprint density at radius 3 is 2.58 bits per heavy atom. The van der Waals surface area contributed by atoms with Gasteiger partial charge in [0.05, 0.1) is 0 Å². The molecule has 0 aliphatic heterocycles. The van der Waals surface area contributed by atoms with Crippen molar-refractivity contribution < 1.29 is 4.79 Å². The normalized spacial score (nSPS) is 10.7. The van der Waals surface area contributed by atoms with E-state index in [1.807, 2.05) is 51.5 Å². The Kier molecular flexibility index (Phi) is 6.75. The first kappa shape index (κ1) is 17.9. The largest absolute Gasteiger partial charge is 0.370 e. The van der Waals surface area contributed by atoms with Crippen LogP contribution in [0.3, 0.4) is 0 Å². The summed E-state index contributed by atoms with van der Waals surface area (Å²) in [7, 11) is 6.06. The van der Waals surface area contributed by atoms with Gasteiger partial charge in [-0.15, -0.1) is 0 Å². The lowest BCUT2D eigenvalue weighted by atomic mass is 10.2. The minimum absolute atomic E-state index is 0.122. The first-order valence-corrected chi connectivity index (χ1v) is 8.20. The van der Waals surface area contributed by atoms with Crippen molar-refractivity contribution in [2.45, 2.75) is 13.0 Å². The number of carbonyl (C=O) groups excluding carboxylic acids is 1. The third kappa shape index (κ3) is 5.66. The zero-order chi connectivity index (χ0) is 17.4. The average molecular weight is 326 g/mol. The molecule has 0 radical (unpaired) electrons. The highest BCUT2D eigenvalue weighted by Gasteiger charge is 2.09. The molecule has 2 rings (SSSR count). The maximum absolute atomic E-state index is 12.2. The predicted octanol–water partition coefficient (Wildman–Crippen LogP) is 2.40. The Balaban J connectivity index is 1.93. The highest BCUT2D eigenvalue weighted by atomic mass is 16.1. The summed E-state index contributed by atoms with van der Waals surface area (Å²) in [6, 6.07) is 14.0. The number of amides is 1. The van der Waals surface area contributed by atoms with E-state index in [-0.39, 0.29) is 5.91 Å². The molecule has 0 unspecified atom stereocenters. The van der Waals surface area contributed by atoms with Crippen molar-refractivity contribution >= 4 is 11.6 Å². The molecular formula is C19H26N4O. The van der Waals surface area contributed by atoms with Gasteiger partial charge >= 0.3 is 0 Å². The molecule has 0 saturated carbocycles. The maximum atomic E-state index is 12.2. The summed E-state index contributed by atoms with van der Waals surface area (Å²) in [6.07, 6.45) is 2.61. The van der Waals surface area contributed by atoms with Gasteiger partial charge in [0.1, 0.15) is 5.69 Å². The van der Waals surface area contributed by atoms with Gasteiger partial charge < -0.3 is 15.1 Å². The lowest BCUT2D eigenvalue weighted by molar-refractivity contribution is 0.0947. The molecule has 0 bridgehead atoms. The van der Waals surface area contributed by atoms with Crippen LogP contribution in [0.4, 0.5) is 5.69 Å². The smallest absolute Gasteiger partial charge is 0.269 e. The molecule has 0 fully saturated rings. The van der Waals surface area contributed by atoms with E-state index in [0.29, 0.717) is 12.2 Å². The van der Waals surface area contributed by atoms with Crippen LogP contribution in [0, 0.1) is 0 Å². The first-order valence-electron chi connectivity index (χ1n) is 8.20. The Morgan fingerprint density at radius 1 is 1.12 bits per heavy atom. The fourth-order valence-corrected chi connectivity index (χ4v) is 2.42. The van der Waals surface area contributed by atoms with E-state index in [2.05, 4.69) is 32.2 Å². The summed E-state index contributed by atoms with van der Waals surface area (Å²) in [5.41, 5.74) is 2.66. The van der Waals surface area contributed by atoms with E-state index in [9.17, 15) is 4.79 Å². The summed E-state index contributed by atoms with van der Waals surface area (Å²) in [5, 5.41) is 2.92. The second kappa shape index (κ2) is 9.03.